The number of aromatic nitrogens is 1. The molecule has 3 rings (SSSR count). The lowest BCUT2D eigenvalue weighted by Crippen LogP contribution is -2.38. The fraction of sp³-hybridized carbons (Fsp3) is 0.545. The number of rotatable bonds is 9. The molecule has 1 aromatic heterocycles. The molecule has 0 atom stereocenters. The van der Waals surface area contributed by atoms with Gasteiger partial charge in [-0.05, 0) is 30.5 Å². The van der Waals surface area contributed by atoms with Gasteiger partial charge in [-0.1, -0.05) is 26.0 Å². The van der Waals surface area contributed by atoms with E-state index in [1.807, 2.05) is 31.2 Å². The van der Waals surface area contributed by atoms with Crippen LogP contribution in [0.4, 0.5) is 0 Å². The van der Waals surface area contributed by atoms with Crippen LogP contribution in [0.15, 0.2) is 24.3 Å². The molecule has 1 amide bonds. The summed E-state index contributed by atoms with van der Waals surface area (Å²) in [5.41, 5.74) is 1.83. The SMILES string of the molecule is Cc1nc(CC(C)C)sc1C(=O)NCc1cccc(OCCN2CCOCC2)c1. The van der Waals surface area contributed by atoms with E-state index in [0.29, 0.717) is 23.9 Å². The minimum atomic E-state index is -0.0614. The molecule has 6 nitrogen and oxygen atoms in total. The molecule has 0 aliphatic carbocycles. The zero-order valence-electron chi connectivity index (χ0n) is 17.6. The minimum Gasteiger partial charge on any atom is -0.492 e. The first-order valence-electron chi connectivity index (χ1n) is 10.3. The van der Waals surface area contributed by atoms with Crippen molar-refractivity contribution in [2.24, 2.45) is 5.92 Å². The first kappa shape index (κ1) is 21.7. The van der Waals surface area contributed by atoms with Crippen molar-refractivity contribution in [1.29, 1.82) is 0 Å². The van der Waals surface area contributed by atoms with Gasteiger partial charge in [0.25, 0.3) is 5.91 Å². The summed E-state index contributed by atoms with van der Waals surface area (Å²) in [7, 11) is 0. The summed E-state index contributed by atoms with van der Waals surface area (Å²) in [5, 5.41) is 4.04. The minimum absolute atomic E-state index is 0.0614. The molecule has 1 fully saturated rings. The monoisotopic (exact) mass is 417 g/mol. The number of carbonyl (C=O) groups excluding carboxylic acids is 1. The highest BCUT2D eigenvalue weighted by atomic mass is 32.1. The van der Waals surface area contributed by atoms with Gasteiger partial charge in [-0.25, -0.2) is 4.98 Å². The Hall–Kier alpha value is -1.96. The van der Waals surface area contributed by atoms with Gasteiger partial charge < -0.3 is 14.8 Å². The second-order valence-corrected chi connectivity index (χ2v) is 8.84. The molecule has 7 heteroatoms. The molecular formula is C22H31N3O3S. The molecule has 1 saturated heterocycles. The maximum absolute atomic E-state index is 12.6. The van der Waals surface area contributed by atoms with E-state index >= 15 is 0 Å². The Morgan fingerprint density at radius 3 is 2.90 bits per heavy atom. The van der Waals surface area contributed by atoms with E-state index in [1.54, 1.807) is 0 Å². The van der Waals surface area contributed by atoms with Crippen molar-refractivity contribution in [2.75, 3.05) is 39.5 Å². The Labute approximate surface area is 177 Å². The molecule has 2 heterocycles. The third kappa shape index (κ3) is 6.80. The van der Waals surface area contributed by atoms with Crippen LogP contribution in [0, 0.1) is 12.8 Å². The summed E-state index contributed by atoms with van der Waals surface area (Å²) in [4.78, 5) is 20.2. The summed E-state index contributed by atoms with van der Waals surface area (Å²) in [6.45, 7) is 11.8. The molecule has 0 saturated carbocycles. The van der Waals surface area contributed by atoms with Crippen LogP contribution in [0.1, 0.15) is 39.8 Å². The van der Waals surface area contributed by atoms with Crippen LogP contribution in [0.3, 0.4) is 0 Å². The van der Waals surface area contributed by atoms with Crippen molar-refractivity contribution in [2.45, 2.75) is 33.7 Å². The first-order valence-corrected chi connectivity index (χ1v) is 11.1. The molecule has 2 aromatic rings. The highest BCUT2D eigenvalue weighted by molar-refractivity contribution is 7.13. The molecule has 0 unspecified atom stereocenters. The topological polar surface area (TPSA) is 63.7 Å². The van der Waals surface area contributed by atoms with E-state index < -0.39 is 0 Å². The summed E-state index contributed by atoms with van der Waals surface area (Å²) in [6, 6.07) is 7.91. The van der Waals surface area contributed by atoms with Gasteiger partial charge in [0.05, 0.1) is 23.9 Å². The van der Waals surface area contributed by atoms with Crippen molar-refractivity contribution >= 4 is 17.2 Å². The quantitative estimate of drug-likeness (QED) is 0.678. The molecule has 1 aliphatic rings. The normalized spacial score (nSPS) is 14.9. The van der Waals surface area contributed by atoms with E-state index in [4.69, 9.17) is 9.47 Å². The molecular weight excluding hydrogens is 386 g/mol. The molecule has 1 N–H and O–H groups in total. The maximum atomic E-state index is 12.6. The first-order chi connectivity index (χ1) is 14.0. The number of nitrogens with zero attached hydrogens (tertiary/aromatic N) is 2. The number of hydrogen-bond acceptors (Lipinski definition) is 6. The van der Waals surface area contributed by atoms with Crippen LogP contribution in [-0.4, -0.2) is 55.2 Å². The van der Waals surface area contributed by atoms with Crippen molar-refractivity contribution in [1.82, 2.24) is 15.2 Å². The standard InChI is InChI=1S/C22H31N3O3S/c1-16(2)13-20-24-17(3)21(29-20)22(26)23-15-18-5-4-6-19(14-18)28-12-9-25-7-10-27-11-8-25/h4-6,14,16H,7-13,15H2,1-3H3,(H,23,26). The van der Waals surface area contributed by atoms with Gasteiger partial charge in [0.2, 0.25) is 0 Å². The largest absolute Gasteiger partial charge is 0.492 e. The van der Waals surface area contributed by atoms with Crippen LogP contribution in [-0.2, 0) is 17.7 Å². The fourth-order valence-corrected chi connectivity index (χ4v) is 4.42. The summed E-state index contributed by atoms with van der Waals surface area (Å²) >= 11 is 1.50. The Morgan fingerprint density at radius 2 is 2.14 bits per heavy atom. The zero-order chi connectivity index (χ0) is 20.6. The van der Waals surface area contributed by atoms with Crippen molar-refractivity contribution in [3.05, 3.63) is 45.4 Å². The second kappa shape index (κ2) is 10.7. The molecule has 1 aliphatic heterocycles. The predicted octanol–water partition coefficient (Wildman–Crippen LogP) is 3.29. The molecule has 29 heavy (non-hydrogen) atoms. The van der Waals surface area contributed by atoms with Gasteiger partial charge in [0.15, 0.2) is 0 Å². The lowest BCUT2D eigenvalue weighted by molar-refractivity contribution is 0.0322. The summed E-state index contributed by atoms with van der Waals surface area (Å²) in [5.74, 6) is 1.30. The zero-order valence-corrected chi connectivity index (χ0v) is 18.4. The molecule has 0 radical (unpaired) electrons. The van der Waals surface area contributed by atoms with Gasteiger partial charge in [0.1, 0.15) is 17.2 Å². The van der Waals surface area contributed by atoms with Crippen LogP contribution >= 0.6 is 11.3 Å². The number of carbonyl (C=O) groups is 1. The van der Waals surface area contributed by atoms with E-state index in [9.17, 15) is 4.79 Å². The number of amides is 1. The third-order valence-electron chi connectivity index (χ3n) is 4.76. The lowest BCUT2D eigenvalue weighted by Gasteiger charge is -2.26. The molecule has 1 aromatic carbocycles. The molecule has 0 bridgehead atoms. The number of benzene rings is 1. The lowest BCUT2D eigenvalue weighted by atomic mass is 10.1. The highest BCUT2D eigenvalue weighted by Crippen LogP contribution is 2.21. The second-order valence-electron chi connectivity index (χ2n) is 7.75. The van der Waals surface area contributed by atoms with E-state index in [0.717, 1.165) is 61.3 Å². The van der Waals surface area contributed by atoms with Crippen LogP contribution in [0.25, 0.3) is 0 Å². The number of aryl methyl sites for hydroxylation is 1. The molecule has 158 valence electrons. The van der Waals surface area contributed by atoms with E-state index in [-0.39, 0.29) is 5.91 Å². The molecule has 0 spiro atoms. The van der Waals surface area contributed by atoms with Gasteiger partial charge in [-0.3, -0.25) is 9.69 Å². The van der Waals surface area contributed by atoms with Crippen molar-refractivity contribution in [3.8, 4) is 5.75 Å². The Bertz CT molecular complexity index is 800. The Morgan fingerprint density at radius 1 is 1.34 bits per heavy atom. The van der Waals surface area contributed by atoms with Gasteiger partial charge in [-0.15, -0.1) is 11.3 Å². The van der Waals surface area contributed by atoms with Gasteiger partial charge >= 0.3 is 0 Å². The van der Waals surface area contributed by atoms with Crippen molar-refractivity contribution in [3.63, 3.8) is 0 Å². The Balaban J connectivity index is 1.48. The van der Waals surface area contributed by atoms with Crippen LogP contribution < -0.4 is 10.1 Å². The number of ether oxygens (including phenoxy) is 2. The van der Waals surface area contributed by atoms with E-state index in [2.05, 4.69) is 29.0 Å². The third-order valence-corrected chi connectivity index (χ3v) is 5.94. The van der Waals surface area contributed by atoms with Crippen molar-refractivity contribution < 1.29 is 14.3 Å². The fourth-order valence-electron chi connectivity index (χ4n) is 3.22. The smallest absolute Gasteiger partial charge is 0.263 e. The maximum Gasteiger partial charge on any atom is 0.263 e. The van der Waals surface area contributed by atoms with Gasteiger partial charge in [0, 0.05) is 32.6 Å². The Kier molecular flexibility index (Phi) is 8.03. The number of nitrogens with one attached hydrogen (secondary N) is 1. The number of hydrogen-bond donors (Lipinski definition) is 1. The van der Waals surface area contributed by atoms with E-state index in [1.165, 1.54) is 11.3 Å². The highest BCUT2D eigenvalue weighted by Gasteiger charge is 2.16. The number of thiazole rings is 1. The van der Waals surface area contributed by atoms with Gasteiger partial charge in [-0.2, -0.15) is 0 Å². The predicted molar refractivity (Wildman–Crippen MR) is 116 cm³/mol. The summed E-state index contributed by atoms with van der Waals surface area (Å²) in [6.07, 6.45) is 0.905. The summed E-state index contributed by atoms with van der Waals surface area (Å²) < 4.78 is 11.3. The average Bonchev–Trinajstić information content (AvgIpc) is 3.07. The van der Waals surface area contributed by atoms with Crippen LogP contribution in [0.2, 0.25) is 0 Å². The number of morpholine rings is 1. The van der Waals surface area contributed by atoms with Crippen LogP contribution in [0.5, 0.6) is 5.75 Å². The average molecular weight is 418 g/mol.